The van der Waals surface area contributed by atoms with Crippen molar-refractivity contribution in [2.24, 2.45) is 0 Å². The zero-order valence-corrected chi connectivity index (χ0v) is 23.7. The first-order valence-electron chi connectivity index (χ1n) is 14.2. The second-order valence-electron chi connectivity index (χ2n) is 10.9. The van der Waals surface area contributed by atoms with Crippen LogP contribution in [0.4, 0.5) is 13.6 Å². The Hall–Kier alpha value is -4.15. The van der Waals surface area contributed by atoms with Crippen LogP contribution >= 0.6 is 0 Å². The maximum Gasteiger partial charge on any atom is 0.329 e. The van der Waals surface area contributed by atoms with Crippen molar-refractivity contribution in [2.75, 3.05) is 13.6 Å². The molecule has 2 amide bonds. The number of aliphatic hydroxyl groups excluding tert-OH is 1. The molecular weight excluding hydrogens is 540 g/mol. The van der Waals surface area contributed by atoms with Crippen molar-refractivity contribution in [3.8, 4) is 0 Å². The summed E-state index contributed by atoms with van der Waals surface area (Å²) in [6, 6.07) is 12.8. The van der Waals surface area contributed by atoms with Gasteiger partial charge in [-0.3, -0.25) is 9.36 Å². The Morgan fingerprint density at radius 1 is 1.14 bits per heavy atom. The van der Waals surface area contributed by atoms with E-state index in [9.17, 15) is 23.5 Å². The van der Waals surface area contributed by atoms with E-state index in [1.165, 1.54) is 22.9 Å². The molecule has 0 bridgehead atoms. The molecule has 8 nitrogen and oxygen atoms in total. The van der Waals surface area contributed by atoms with Gasteiger partial charge in [0, 0.05) is 50.0 Å². The minimum Gasteiger partial charge on any atom is -0.389 e. The van der Waals surface area contributed by atoms with Crippen molar-refractivity contribution in [1.29, 1.82) is 0 Å². The van der Waals surface area contributed by atoms with Gasteiger partial charge in [-0.2, -0.15) is 0 Å². The number of pyridine rings is 1. The van der Waals surface area contributed by atoms with Crippen molar-refractivity contribution in [2.45, 2.75) is 57.3 Å². The fourth-order valence-electron chi connectivity index (χ4n) is 5.55. The minimum atomic E-state index is -1.10. The molecular formula is C32H35F2N5O3. The molecule has 5 rings (SSSR count). The minimum absolute atomic E-state index is 0.0169. The lowest BCUT2D eigenvalue weighted by atomic mass is 9.88. The highest BCUT2D eigenvalue weighted by Crippen LogP contribution is 2.23. The van der Waals surface area contributed by atoms with Gasteiger partial charge in [-0.05, 0) is 60.2 Å². The van der Waals surface area contributed by atoms with Gasteiger partial charge in [0.2, 0.25) is 0 Å². The molecule has 1 aliphatic heterocycles. The third kappa shape index (κ3) is 6.34. The molecule has 4 aromatic rings. The molecule has 0 aliphatic carbocycles. The number of nitrogens with one attached hydrogen (secondary N) is 2. The molecule has 220 valence electrons. The fraction of sp³-hybridized carbons (Fsp3) is 0.344. The monoisotopic (exact) mass is 575 g/mol. The van der Waals surface area contributed by atoms with E-state index in [0.29, 0.717) is 36.1 Å². The molecule has 2 aromatic heterocycles. The normalized spacial score (nSPS) is 16.1. The lowest BCUT2D eigenvalue weighted by molar-refractivity contribution is 0.0689. The van der Waals surface area contributed by atoms with Gasteiger partial charge in [0.15, 0.2) is 0 Å². The zero-order chi connectivity index (χ0) is 29.8. The summed E-state index contributed by atoms with van der Waals surface area (Å²) >= 11 is 0. The summed E-state index contributed by atoms with van der Waals surface area (Å²) in [5.74, 6) is -2.02. The van der Waals surface area contributed by atoms with Crippen LogP contribution in [0.15, 0.2) is 67.0 Å². The van der Waals surface area contributed by atoms with Gasteiger partial charge in [0.1, 0.15) is 17.3 Å². The van der Waals surface area contributed by atoms with E-state index in [0.717, 1.165) is 30.0 Å². The summed E-state index contributed by atoms with van der Waals surface area (Å²) in [6.45, 7) is 3.14. The molecule has 0 saturated heterocycles. The van der Waals surface area contributed by atoms with Gasteiger partial charge >= 0.3 is 6.03 Å². The Balaban J connectivity index is 1.45. The molecule has 0 radical (unpaired) electrons. The summed E-state index contributed by atoms with van der Waals surface area (Å²) in [6.07, 6.45) is 4.18. The molecule has 0 saturated carbocycles. The number of hydrogen-bond donors (Lipinski definition) is 3. The van der Waals surface area contributed by atoms with E-state index in [1.54, 1.807) is 30.3 Å². The highest BCUT2D eigenvalue weighted by Gasteiger charge is 2.33. The van der Waals surface area contributed by atoms with Crippen LogP contribution in [0.3, 0.4) is 0 Å². The second-order valence-corrected chi connectivity index (χ2v) is 10.9. The number of aromatic nitrogens is 2. The number of unbranched alkanes of at least 4 members (excludes halogenated alkanes) is 1. The Morgan fingerprint density at radius 3 is 2.62 bits per heavy atom. The number of fused-ring (bicyclic) bond motifs is 2. The van der Waals surface area contributed by atoms with Crippen LogP contribution in [-0.4, -0.2) is 63.3 Å². The van der Waals surface area contributed by atoms with Crippen LogP contribution in [-0.2, 0) is 19.4 Å². The van der Waals surface area contributed by atoms with Crippen molar-refractivity contribution >= 4 is 23.0 Å². The SMILES string of the molecule is CCCCN(C)C(=O)n1cc(C(=O)N[C@@H](Cc2cc(F)cc(F)c2)[C@H](O)[C@H]2Cc3ccccc3CN2)c2cccnc21. The highest BCUT2D eigenvalue weighted by molar-refractivity contribution is 6.08. The van der Waals surface area contributed by atoms with E-state index >= 15 is 0 Å². The van der Waals surface area contributed by atoms with Crippen LogP contribution in [0.2, 0.25) is 0 Å². The van der Waals surface area contributed by atoms with Crippen molar-refractivity contribution in [1.82, 2.24) is 25.1 Å². The summed E-state index contributed by atoms with van der Waals surface area (Å²) in [5, 5.41) is 18.3. The van der Waals surface area contributed by atoms with Gasteiger partial charge in [0.05, 0.1) is 17.7 Å². The molecule has 2 aromatic carbocycles. The first-order chi connectivity index (χ1) is 20.2. The predicted octanol–water partition coefficient (Wildman–Crippen LogP) is 4.43. The van der Waals surface area contributed by atoms with Crippen molar-refractivity contribution in [3.05, 3.63) is 101 Å². The molecule has 3 atom stereocenters. The topological polar surface area (TPSA) is 99.5 Å². The summed E-state index contributed by atoms with van der Waals surface area (Å²) in [4.78, 5) is 33.0. The number of hydrogen-bond acceptors (Lipinski definition) is 5. The number of halogens is 2. The molecule has 0 spiro atoms. The van der Waals surface area contributed by atoms with Gasteiger partial charge in [0.25, 0.3) is 5.91 Å². The lowest BCUT2D eigenvalue weighted by Gasteiger charge is -2.34. The first-order valence-corrected chi connectivity index (χ1v) is 14.2. The molecule has 42 heavy (non-hydrogen) atoms. The predicted molar refractivity (Wildman–Crippen MR) is 156 cm³/mol. The first kappa shape index (κ1) is 29.3. The number of benzene rings is 2. The molecule has 10 heteroatoms. The van der Waals surface area contributed by atoms with E-state index in [4.69, 9.17) is 0 Å². The number of carbonyl (C=O) groups is 2. The maximum atomic E-state index is 14.1. The lowest BCUT2D eigenvalue weighted by Crippen LogP contribution is -2.55. The van der Waals surface area contributed by atoms with Crippen LogP contribution < -0.4 is 10.6 Å². The zero-order valence-electron chi connectivity index (χ0n) is 23.7. The average molecular weight is 576 g/mol. The molecule has 0 unspecified atom stereocenters. The van der Waals surface area contributed by atoms with Crippen LogP contribution in [0.25, 0.3) is 11.0 Å². The molecule has 0 fully saturated rings. The third-order valence-corrected chi connectivity index (χ3v) is 7.82. The van der Waals surface area contributed by atoms with Gasteiger partial charge in [-0.1, -0.05) is 37.6 Å². The number of aliphatic hydroxyl groups is 1. The Kier molecular flexibility index (Phi) is 8.94. The third-order valence-electron chi connectivity index (χ3n) is 7.82. The molecule has 3 N–H and O–H groups in total. The van der Waals surface area contributed by atoms with Crippen molar-refractivity contribution in [3.63, 3.8) is 0 Å². The number of carbonyl (C=O) groups excluding carboxylic acids is 2. The van der Waals surface area contributed by atoms with Crippen LogP contribution in [0.1, 0.15) is 46.8 Å². The number of rotatable bonds is 9. The summed E-state index contributed by atoms with van der Waals surface area (Å²) in [5.41, 5.74) is 3.06. The average Bonchev–Trinajstić information content (AvgIpc) is 3.38. The molecule has 3 heterocycles. The fourth-order valence-corrected chi connectivity index (χ4v) is 5.55. The number of nitrogens with zero attached hydrogens (tertiary/aromatic N) is 3. The van der Waals surface area contributed by atoms with Gasteiger partial charge in [-0.15, -0.1) is 0 Å². The Labute approximate surface area is 243 Å². The maximum absolute atomic E-state index is 14.1. The highest BCUT2D eigenvalue weighted by atomic mass is 19.1. The van der Waals surface area contributed by atoms with Crippen molar-refractivity contribution < 1.29 is 23.5 Å². The quantitative estimate of drug-likeness (QED) is 0.274. The van der Waals surface area contributed by atoms with E-state index < -0.39 is 35.7 Å². The Bertz CT molecular complexity index is 1570. The van der Waals surface area contributed by atoms with E-state index in [2.05, 4.69) is 15.6 Å². The largest absolute Gasteiger partial charge is 0.389 e. The van der Waals surface area contributed by atoms with E-state index in [-0.39, 0.29) is 18.0 Å². The Morgan fingerprint density at radius 2 is 1.88 bits per heavy atom. The second kappa shape index (κ2) is 12.8. The smallest absolute Gasteiger partial charge is 0.329 e. The van der Waals surface area contributed by atoms with Gasteiger partial charge < -0.3 is 20.6 Å². The standard InChI is InChI=1S/C32H35F2N5O3/c1-3-4-12-38(2)32(42)39-19-26(25-10-7-11-35-30(25)39)31(41)37-28(15-20-13-23(33)17-24(34)14-20)29(40)27-16-21-8-5-6-9-22(21)18-36-27/h5-11,13-14,17,19,27-29,36,40H,3-4,12,15-16,18H2,1-2H3,(H,37,41)/t27-,28+,29-/m1/s1. The van der Waals surface area contributed by atoms with Gasteiger partial charge in [-0.25, -0.2) is 18.6 Å². The summed E-state index contributed by atoms with van der Waals surface area (Å²) < 4.78 is 29.5. The number of amides is 2. The molecule has 1 aliphatic rings. The van der Waals surface area contributed by atoms with E-state index in [1.807, 2.05) is 31.2 Å². The van der Waals surface area contributed by atoms with Crippen LogP contribution in [0.5, 0.6) is 0 Å². The van der Waals surface area contributed by atoms with Crippen LogP contribution in [0, 0.1) is 11.6 Å². The summed E-state index contributed by atoms with van der Waals surface area (Å²) in [7, 11) is 1.70.